The van der Waals surface area contributed by atoms with Gasteiger partial charge in [-0.1, -0.05) is 15.9 Å². The van der Waals surface area contributed by atoms with Gasteiger partial charge in [-0.2, -0.15) is 0 Å². The highest BCUT2D eigenvalue weighted by Crippen LogP contribution is 2.27. The van der Waals surface area contributed by atoms with Crippen molar-refractivity contribution in [2.45, 2.75) is 6.10 Å². The Balaban J connectivity index is 3.11. The third kappa shape index (κ3) is 2.24. The molecule has 0 aromatic heterocycles. The summed E-state index contributed by atoms with van der Waals surface area (Å²) in [5, 5.41) is 17.9. The number of aliphatic hydroxyl groups excluding tert-OH is 1. The fourth-order valence-corrected chi connectivity index (χ4v) is 1.45. The number of carboxylic acids is 1. The standard InChI is InChI=1S/C9H9BrO4/c1-14-5-2-3-7(10)6(4-5)8(11)9(12)13/h2-4,8,11H,1H3,(H,12,13)/t8-/m1/s1. The minimum absolute atomic E-state index is 0.275. The van der Waals surface area contributed by atoms with E-state index < -0.39 is 12.1 Å². The van der Waals surface area contributed by atoms with Crippen molar-refractivity contribution in [1.82, 2.24) is 0 Å². The van der Waals surface area contributed by atoms with Crippen LogP contribution in [0.15, 0.2) is 22.7 Å². The van der Waals surface area contributed by atoms with Crippen molar-refractivity contribution in [3.63, 3.8) is 0 Å². The molecule has 0 spiro atoms. The van der Waals surface area contributed by atoms with E-state index in [1.54, 1.807) is 12.1 Å². The average Bonchev–Trinajstić information content (AvgIpc) is 2.17. The van der Waals surface area contributed by atoms with Crippen LogP contribution in [-0.4, -0.2) is 23.3 Å². The molecule has 0 bridgehead atoms. The second kappa shape index (κ2) is 4.43. The highest BCUT2D eigenvalue weighted by Gasteiger charge is 2.19. The molecule has 2 N–H and O–H groups in total. The molecule has 0 saturated carbocycles. The predicted molar refractivity (Wildman–Crippen MR) is 53.3 cm³/mol. The lowest BCUT2D eigenvalue weighted by Crippen LogP contribution is -2.11. The van der Waals surface area contributed by atoms with Crippen molar-refractivity contribution in [1.29, 1.82) is 0 Å². The first-order valence-corrected chi connectivity index (χ1v) is 4.60. The topological polar surface area (TPSA) is 66.8 Å². The van der Waals surface area contributed by atoms with Crippen molar-refractivity contribution >= 4 is 21.9 Å². The Hall–Kier alpha value is -1.07. The van der Waals surface area contributed by atoms with Gasteiger partial charge in [0.2, 0.25) is 0 Å². The molecule has 0 aliphatic carbocycles. The van der Waals surface area contributed by atoms with Crippen LogP contribution in [0, 0.1) is 0 Å². The molecule has 1 aromatic rings. The van der Waals surface area contributed by atoms with Gasteiger partial charge in [0.05, 0.1) is 7.11 Å². The zero-order valence-corrected chi connectivity index (χ0v) is 8.98. The number of carbonyl (C=O) groups is 1. The van der Waals surface area contributed by atoms with Gasteiger partial charge in [-0.05, 0) is 18.2 Å². The molecule has 0 amide bonds. The molecule has 1 atom stereocenters. The quantitative estimate of drug-likeness (QED) is 0.866. The number of methoxy groups -OCH3 is 1. The summed E-state index contributed by atoms with van der Waals surface area (Å²) in [6.45, 7) is 0. The van der Waals surface area contributed by atoms with Crippen molar-refractivity contribution in [3.8, 4) is 5.75 Å². The first kappa shape index (κ1) is 11.0. The maximum atomic E-state index is 10.5. The van der Waals surface area contributed by atoms with Gasteiger partial charge in [-0.3, -0.25) is 0 Å². The number of halogens is 1. The summed E-state index contributed by atoms with van der Waals surface area (Å²) >= 11 is 3.15. The normalized spacial score (nSPS) is 12.2. The smallest absolute Gasteiger partial charge is 0.337 e. The molecule has 0 aliphatic heterocycles. The average molecular weight is 261 g/mol. The van der Waals surface area contributed by atoms with E-state index in [9.17, 15) is 9.90 Å². The first-order chi connectivity index (χ1) is 6.56. The Morgan fingerprint density at radius 2 is 2.21 bits per heavy atom. The van der Waals surface area contributed by atoms with E-state index in [-0.39, 0.29) is 5.56 Å². The van der Waals surface area contributed by atoms with Crippen molar-refractivity contribution in [2.24, 2.45) is 0 Å². The van der Waals surface area contributed by atoms with Crippen LogP contribution in [0.1, 0.15) is 11.7 Å². The van der Waals surface area contributed by atoms with E-state index in [1.807, 2.05) is 0 Å². The van der Waals surface area contributed by atoms with Crippen LogP contribution in [-0.2, 0) is 4.79 Å². The lowest BCUT2D eigenvalue weighted by atomic mass is 10.1. The van der Waals surface area contributed by atoms with E-state index in [0.29, 0.717) is 10.2 Å². The van der Waals surface area contributed by atoms with Crippen LogP contribution in [0.4, 0.5) is 0 Å². The monoisotopic (exact) mass is 260 g/mol. The van der Waals surface area contributed by atoms with Crippen LogP contribution in [0.2, 0.25) is 0 Å². The van der Waals surface area contributed by atoms with Crippen LogP contribution >= 0.6 is 15.9 Å². The van der Waals surface area contributed by atoms with Gasteiger partial charge in [-0.15, -0.1) is 0 Å². The molecule has 0 unspecified atom stereocenters. The molecule has 76 valence electrons. The summed E-state index contributed by atoms with van der Waals surface area (Å²) in [7, 11) is 1.47. The number of rotatable bonds is 3. The fourth-order valence-electron chi connectivity index (χ4n) is 0.991. The number of aliphatic hydroxyl groups is 1. The van der Waals surface area contributed by atoms with Gasteiger partial charge in [0.15, 0.2) is 6.10 Å². The molecule has 14 heavy (non-hydrogen) atoms. The van der Waals surface area contributed by atoms with Gasteiger partial charge in [0.25, 0.3) is 0 Å². The number of benzene rings is 1. The number of hydrogen-bond donors (Lipinski definition) is 2. The number of ether oxygens (including phenoxy) is 1. The summed E-state index contributed by atoms with van der Waals surface area (Å²) in [5.74, 6) is -0.789. The Morgan fingerprint density at radius 3 is 2.71 bits per heavy atom. The Labute approximate surface area is 89.3 Å². The van der Waals surface area contributed by atoms with E-state index in [1.165, 1.54) is 13.2 Å². The summed E-state index contributed by atoms with van der Waals surface area (Å²) in [5.41, 5.74) is 0.275. The van der Waals surface area contributed by atoms with Gasteiger partial charge in [-0.25, -0.2) is 4.79 Å². The van der Waals surface area contributed by atoms with Crippen LogP contribution in [0.3, 0.4) is 0 Å². The highest BCUT2D eigenvalue weighted by molar-refractivity contribution is 9.10. The van der Waals surface area contributed by atoms with Crippen LogP contribution < -0.4 is 4.74 Å². The molecular weight excluding hydrogens is 252 g/mol. The van der Waals surface area contributed by atoms with Gasteiger partial charge in [0.1, 0.15) is 5.75 Å². The number of aliphatic carboxylic acids is 1. The molecule has 0 fully saturated rings. The lowest BCUT2D eigenvalue weighted by Gasteiger charge is -2.09. The second-order valence-electron chi connectivity index (χ2n) is 2.63. The van der Waals surface area contributed by atoms with E-state index >= 15 is 0 Å². The van der Waals surface area contributed by atoms with Gasteiger partial charge >= 0.3 is 5.97 Å². The highest BCUT2D eigenvalue weighted by atomic mass is 79.9. The van der Waals surface area contributed by atoms with Crippen LogP contribution in [0.5, 0.6) is 5.75 Å². The second-order valence-corrected chi connectivity index (χ2v) is 3.48. The summed E-state index contributed by atoms with van der Waals surface area (Å²) in [4.78, 5) is 10.5. The molecular formula is C9H9BrO4. The maximum absolute atomic E-state index is 10.5. The lowest BCUT2D eigenvalue weighted by molar-refractivity contribution is -0.147. The minimum atomic E-state index is -1.54. The molecule has 1 rings (SSSR count). The molecule has 0 radical (unpaired) electrons. The van der Waals surface area contributed by atoms with Crippen molar-refractivity contribution in [2.75, 3.05) is 7.11 Å². The van der Waals surface area contributed by atoms with Crippen molar-refractivity contribution in [3.05, 3.63) is 28.2 Å². The first-order valence-electron chi connectivity index (χ1n) is 3.80. The Bertz CT molecular complexity index is 351. The zero-order valence-electron chi connectivity index (χ0n) is 7.40. The Morgan fingerprint density at radius 1 is 1.57 bits per heavy atom. The van der Waals surface area contributed by atoms with E-state index in [4.69, 9.17) is 9.84 Å². The summed E-state index contributed by atoms with van der Waals surface area (Å²) in [6, 6.07) is 4.77. The largest absolute Gasteiger partial charge is 0.497 e. The number of hydrogen-bond acceptors (Lipinski definition) is 3. The third-order valence-corrected chi connectivity index (χ3v) is 2.45. The summed E-state index contributed by atoms with van der Waals surface area (Å²) < 4.78 is 5.45. The Kier molecular flexibility index (Phi) is 3.49. The van der Waals surface area contributed by atoms with Gasteiger partial charge < -0.3 is 14.9 Å². The van der Waals surface area contributed by atoms with Gasteiger partial charge in [0, 0.05) is 10.0 Å². The van der Waals surface area contributed by atoms with E-state index in [2.05, 4.69) is 15.9 Å². The third-order valence-electron chi connectivity index (χ3n) is 1.73. The zero-order chi connectivity index (χ0) is 10.7. The molecule has 0 saturated heterocycles. The minimum Gasteiger partial charge on any atom is -0.497 e. The number of carboxylic acid groups (broad SMARTS) is 1. The molecule has 4 nitrogen and oxygen atoms in total. The fraction of sp³-hybridized carbons (Fsp3) is 0.222. The SMILES string of the molecule is COc1ccc(Br)c([C@@H](O)C(=O)O)c1. The van der Waals surface area contributed by atoms with Crippen molar-refractivity contribution < 1.29 is 19.7 Å². The predicted octanol–water partition coefficient (Wildman–Crippen LogP) is 1.58. The maximum Gasteiger partial charge on any atom is 0.337 e. The van der Waals surface area contributed by atoms with Crippen LogP contribution in [0.25, 0.3) is 0 Å². The van der Waals surface area contributed by atoms with E-state index in [0.717, 1.165) is 0 Å². The molecule has 5 heteroatoms. The molecule has 1 aromatic carbocycles. The molecule has 0 heterocycles. The molecule has 0 aliphatic rings. The summed E-state index contributed by atoms with van der Waals surface area (Å²) in [6.07, 6.45) is -1.54.